The summed E-state index contributed by atoms with van der Waals surface area (Å²) in [5.74, 6) is 0.304. The van der Waals surface area contributed by atoms with Crippen molar-refractivity contribution in [1.29, 1.82) is 0 Å². The van der Waals surface area contributed by atoms with E-state index < -0.39 is 5.41 Å². The van der Waals surface area contributed by atoms with Crippen LogP contribution in [-0.4, -0.2) is 36.1 Å². The number of carbonyl (C=O) groups excluding carboxylic acids is 1. The lowest BCUT2D eigenvalue weighted by molar-refractivity contribution is -0.132. The van der Waals surface area contributed by atoms with Gasteiger partial charge in [0.2, 0.25) is 5.91 Å². The van der Waals surface area contributed by atoms with Crippen LogP contribution in [0.25, 0.3) is 0 Å². The highest BCUT2D eigenvalue weighted by Crippen LogP contribution is 2.39. The number of ether oxygens (including phenoxy) is 1. The van der Waals surface area contributed by atoms with Crippen LogP contribution < -0.4 is 15.0 Å². The number of benzene rings is 1. The van der Waals surface area contributed by atoms with Gasteiger partial charge >= 0.3 is 0 Å². The number of rotatable bonds is 7. The molecule has 3 heterocycles. The molecule has 1 N–H and O–H groups in total. The van der Waals surface area contributed by atoms with E-state index in [9.17, 15) is 9.18 Å². The van der Waals surface area contributed by atoms with E-state index in [-0.39, 0.29) is 11.7 Å². The van der Waals surface area contributed by atoms with Gasteiger partial charge in [0.15, 0.2) is 5.82 Å². The fourth-order valence-corrected chi connectivity index (χ4v) is 3.86. The van der Waals surface area contributed by atoms with Crippen molar-refractivity contribution < 1.29 is 13.9 Å². The highest BCUT2D eigenvalue weighted by molar-refractivity contribution is 5.86. The molecule has 0 aliphatic carbocycles. The van der Waals surface area contributed by atoms with Gasteiger partial charge in [0.25, 0.3) is 0 Å². The molecule has 0 unspecified atom stereocenters. The van der Waals surface area contributed by atoms with Crippen molar-refractivity contribution in [2.75, 3.05) is 25.1 Å². The summed E-state index contributed by atoms with van der Waals surface area (Å²) in [7, 11) is 1.62. The second-order valence-corrected chi connectivity index (χ2v) is 7.54. The molecule has 4 rings (SSSR count). The van der Waals surface area contributed by atoms with Gasteiger partial charge in [-0.25, -0.2) is 4.39 Å². The molecule has 0 bridgehead atoms. The number of halogens is 1. The van der Waals surface area contributed by atoms with E-state index in [0.29, 0.717) is 31.7 Å². The number of carbonyl (C=O) groups is 1. The molecule has 2 aromatic heterocycles. The van der Waals surface area contributed by atoms with Gasteiger partial charge in [-0.3, -0.25) is 14.8 Å². The van der Waals surface area contributed by atoms with Crippen LogP contribution in [0.5, 0.6) is 5.75 Å². The molecule has 0 radical (unpaired) electrons. The summed E-state index contributed by atoms with van der Waals surface area (Å²) in [4.78, 5) is 23.0. The highest BCUT2D eigenvalue weighted by atomic mass is 19.1. The minimum Gasteiger partial charge on any atom is -0.497 e. The topological polar surface area (TPSA) is 67.3 Å². The van der Waals surface area contributed by atoms with Gasteiger partial charge in [-0.05, 0) is 41.8 Å². The fourth-order valence-electron chi connectivity index (χ4n) is 3.86. The van der Waals surface area contributed by atoms with Crippen molar-refractivity contribution in [3.05, 3.63) is 84.2 Å². The Hall–Kier alpha value is -3.48. The van der Waals surface area contributed by atoms with Gasteiger partial charge in [-0.1, -0.05) is 18.2 Å². The number of nitrogens with zero attached hydrogens (tertiary/aromatic N) is 3. The number of hydrogen-bond donors (Lipinski definition) is 1. The first-order valence-electron chi connectivity index (χ1n) is 9.74. The SMILES string of the molecule is COc1cccc(CC2(C(=O)NCc3cccnc3)CN(c3ccncc3F)C2)c1. The Morgan fingerprint density at radius 2 is 1.93 bits per heavy atom. The first kappa shape index (κ1) is 19.8. The van der Waals surface area contributed by atoms with Crippen LogP contribution in [0.2, 0.25) is 0 Å². The Morgan fingerprint density at radius 3 is 2.67 bits per heavy atom. The minimum absolute atomic E-state index is 0.0557. The summed E-state index contributed by atoms with van der Waals surface area (Å²) in [5.41, 5.74) is 1.73. The van der Waals surface area contributed by atoms with Gasteiger partial charge in [0, 0.05) is 38.2 Å². The summed E-state index contributed by atoms with van der Waals surface area (Å²) >= 11 is 0. The monoisotopic (exact) mass is 406 g/mol. The van der Waals surface area contributed by atoms with Crippen molar-refractivity contribution in [2.45, 2.75) is 13.0 Å². The predicted octanol–water partition coefficient (Wildman–Crippen LogP) is 2.99. The third-order valence-electron chi connectivity index (χ3n) is 5.41. The second kappa shape index (κ2) is 8.49. The minimum atomic E-state index is -0.662. The third-order valence-corrected chi connectivity index (χ3v) is 5.41. The van der Waals surface area contributed by atoms with E-state index in [1.165, 1.54) is 6.20 Å². The first-order chi connectivity index (χ1) is 14.6. The molecule has 1 amide bonds. The summed E-state index contributed by atoms with van der Waals surface area (Å²) in [5, 5.41) is 3.03. The first-order valence-corrected chi connectivity index (χ1v) is 9.74. The average Bonchev–Trinajstić information content (AvgIpc) is 2.76. The van der Waals surface area contributed by atoms with Crippen molar-refractivity contribution >= 4 is 11.6 Å². The smallest absolute Gasteiger partial charge is 0.230 e. The Bertz CT molecular complexity index is 1020. The van der Waals surface area contributed by atoms with Gasteiger partial charge < -0.3 is 15.0 Å². The zero-order chi connectivity index (χ0) is 21.0. The molecule has 1 aliphatic rings. The summed E-state index contributed by atoms with van der Waals surface area (Å²) < 4.78 is 19.5. The Morgan fingerprint density at radius 1 is 1.13 bits per heavy atom. The van der Waals surface area contributed by atoms with Gasteiger partial charge in [0.1, 0.15) is 5.75 Å². The van der Waals surface area contributed by atoms with Crippen LogP contribution in [0.4, 0.5) is 10.1 Å². The lowest BCUT2D eigenvalue weighted by Gasteiger charge is -2.50. The molecule has 7 heteroatoms. The molecule has 154 valence electrons. The van der Waals surface area contributed by atoms with Gasteiger partial charge in [-0.2, -0.15) is 0 Å². The van der Waals surface area contributed by atoms with Crippen molar-refractivity contribution in [3.8, 4) is 5.75 Å². The molecule has 3 aromatic rings. The number of anilines is 1. The van der Waals surface area contributed by atoms with Crippen LogP contribution in [0.15, 0.2) is 67.3 Å². The Labute approximate surface area is 174 Å². The molecule has 1 saturated heterocycles. The van der Waals surface area contributed by atoms with Crippen LogP contribution >= 0.6 is 0 Å². The molecule has 6 nitrogen and oxygen atoms in total. The molecule has 1 aliphatic heterocycles. The van der Waals surface area contributed by atoms with Crippen LogP contribution in [-0.2, 0) is 17.8 Å². The zero-order valence-corrected chi connectivity index (χ0v) is 16.7. The van der Waals surface area contributed by atoms with E-state index in [4.69, 9.17) is 4.74 Å². The van der Waals surface area contributed by atoms with Crippen molar-refractivity contribution in [1.82, 2.24) is 15.3 Å². The summed E-state index contributed by atoms with van der Waals surface area (Å²) in [6.45, 7) is 1.24. The number of nitrogens with one attached hydrogen (secondary N) is 1. The molecule has 1 fully saturated rings. The highest BCUT2D eigenvalue weighted by Gasteiger charge is 2.49. The molecular weight excluding hydrogens is 383 g/mol. The van der Waals surface area contributed by atoms with E-state index >= 15 is 0 Å². The maximum Gasteiger partial charge on any atom is 0.230 e. The maximum atomic E-state index is 14.2. The van der Waals surface area contributed by atoms with Crippen molar-refractivity contribution in [2.24, 2.45) is 5.41 Å². The number of hydrogen-bond acceptors (Lipinski definition) is 5. The van der Waals surface area contributed by atoms with E-state index in [1.54, 1.807) is 31.8 Å². The standard InChI is InChI=1S/C23H23FN4O2/c1-30-19-6-2-4-17(10-19)11-23(22(29)27-13-18-5-3-8-25-12-18)15-28(16-23)21-7-9-26-14-20(21)24/h2-10,12,14H,11,13,15-16H2,1H3,(H,27,29). The number of methoxy groups -OCH3 is 1. The number of amides is 1. The Kier molecular flexibility index (Phi) is 5.61. The molecule has 0 atom stereocenters. The second-order valence-electron chi connectivity index (χ2n) is 7.54. The van der Waals surface area contributed by atoms with Crippen LogP contribution in [0.3, 0.4) is 0 Å². The molecule has 30 heavy (non-hydrogen) atoms. The van der Waals surface area contributed by atoms with Gasteiger partial charge in [0.05, 0.1) is 24.4 Å². The van der Waals surface area contributed by atoms with E-state index in [1.807, 2.05) is 41.3 Å². The van der Waals surface area contributed by atoms with Crippen molar-refractivity contribution in [3.63, 3.8) is 0 Å². The molecule has 0 saturated carbocycles. The maximum absolute atomic E-state index is 14.2. The third kappa shape index (κ3) is 4.10. The normalized spacial score (nSPS) is 14.7. The fraction of sp³-hybridized carbons (Fsp3) is 0.261. The van der Waals surface area contributed by atoms with Crippen LogP contribution in [0.1, 0.15) is 11.1 Å². The molecular formula is C23H23FN4O2. The largest absolute Gasteiger partial charge is 0.497 e. The number of pyridine rings is 2. The van der Waals surface area contributed by atoms with Gasteiger partial charge in [-0.15, -0.1) is 0 Å². The number of aromatic nitrogens is 2. The van der Waals surface area contributed by atoms with E-state index in [0.717, 1.165) is 16.9 Å². The van der Waals surface area contributed by atoms with E-state index in [2.05, 4.69) is 15.3 Å². The average molecular weight is 406 g/mol. The quantitative estimate of drug-likeness (QED) is 0.653. The van der Waals surface area contributed by atoms with Crippen LogP contribution in [0, 0.1) is 11.2 Å². The predicted molar refractivity (Wildman–Crippen MR) is 112 cm³/mol. The molecule has 0 spiro atoms. The lowest BCUT2D eigenvalue weighted by atomic mass is 9.73. The Balaban J connectivity index is 1.54. The zero-order valence-electron chi connectivity index (χ0n) is 16.7. The molecule has 1 aromatic carbocycles. The summed E-state index contributed by atoms with van der Waals surface area (Å²) in [6.07, 6.45) is 6.71. The summed E-state index contributed by atoms with van der Waals surface area (Å²) in [6, 6.07) is 13.1. The lowest BCUT2D eigenvalue weighted by Crippen LogP contribution is -2.64.